The van der Waals surface area contributed by atoms with E-state index in [1.54, 1.807) is 0 Å². The van der Waals surface area contributed by atoms with Crippen molar-refractivity contribution in [3.8, 4) is 11.5 Å². The summed E-state index contributed by atoms with van der Waals surface area (Å²) in [6.45, 7) is 2.59. The van der Waals surface area contributed by atoms with Crippen LogP contribution in [-0.4, -0.2) is 35.4 Å². The van der Waals surface area contributed by atoms with E-state index in [1.165, 1.54) is 0 Å². The standard InChI is InChI=1S/C18H22ClN3O3/c1-22-11-20-10-15(22)16-8-13(2-3-23-16)21-9-12-6-14(19)18-17(7-12)24-4-5-25-18/h6-7,10-11,13,16,21H,2-5,8-9H2,1H3/t13-,16-/m1/s1. The van der Waals surface area contributed by atoms with E-state index in [4.69, 9.17) is 25.8 Å². The SMILES string of the molecule is Cn1cncc1[C@H]1C[C@H](NCc2cc(Cl)c3c(c2)OCCO3)CCO1. The predicted octanol–water partition coefficient (Wildman–Crippen LogP) is 2.85. The van der Waals surface area contributed by atoms with Gasteiger partial charge in [0.15, 0.2) is 11.5 Å². The summed E-state index contributed by atoms with van der Waals surface area (Å²) in [5, 5.41) is 4.22. The lowest BCUT2D eigenvalue weighted by Crippen LogP contribution is -2.36. The Bertz CT molecular complexity index is 749. The molecule has 0 radical (unpaired) electrons. The summed E-state index contributed by atoms with van der Waals surface area (Å²) in [5.74, 6) is 1.38. The zero-order chi connectivity index (χ0) is 17.2. The number of nitrogens with one attached hydrogen (secondary N) is 1. The first-order chi connectivity index (χ1) is 12.2. The Labute approximate surface area is 152 Å². The molecular formula is C18H22ClN3O3. The molecule has 0 aliphatic carbocycles. The lowest BCUT2D eigenvalue weighted by molar-refractivity contribution is -0.00404. The number of fused-ring (bicyclic) bond motifs is 1. The van der Waals surface area contributed by atoms with Crippen molar-refractivity contribution >= 4 is 11.6 Å². The van der Waals surface area contributed by atoms with Gasteiger partial charge in [-0.3, -0.25) is 0 Å². The third-order valence-electron chi connectivity index (χ3n) is 4.72. The number of halogens is 1. The molecule has 6 nitrogen and oxygen atoms in total. The molecule has 0 saturated carbocycles. The molecule has 2 aromatic rings. The number of aryl methyl sites for hydroxylation is 1. The molecule has 7 heteroatoms. The van der Waals surface area contributed by atoms with Gasteiger partial charge in [-0.2, -0.15) is 0 Å². The van der Waals surface area contributed by atoms with Crippen molar-refractivity contribution in [2.24, 2.45) is 7.05 Å². The average molecular weight is 364 g/mol. The number of imidazole rings is 1. The van der Waals surface area contributed by atoms with Gasteiger partial charge in [-0.25, -0.2) is 4.98 Å². The molecule has 1 fully saturated rings. The van der Waals surface area contributed by atoms with E-state index in [-0.39, 0.29) is 6.10 Å². The summed E-state index contributed by atoms with van der Waals surface area (Å²) in [5.41, 5.74) is 2.21. The minimum Gasteiger partial charge on any atom is -0.486 e. The van der Waals surface area contributed by atoms with E-state index >= 15 is 0 Å². The van der Waals surface area contributed by atoms with Crippen molar-refractivity contribution in [2.45, 2.75) is 31.5 Å². The van der Waals surface area contributed by atoms with Crippen molar-refractivity contribution < 1.29 is 14.2 Å². The molecule has 1 aromatic carbocycles. The molecule has 1 aromatic heterocycles. The summed E-state index contributed by atoms with van der Waals surface area (Å²) < 4.78 is 19.2. The summed E-state index contributed by atoms with van der Waals surface area (Å²) in [6.07, 6.45) is 5.70. The van der Waals surface area contributed by atoms with Gasteiger partial charge in [0, 0.05) is 26.2 Å². The molecule has 2 aliphatic heterocycles. The topological polar surface area (TPSA) is 57.5 Å². The van der Waals surface area contributed by atoms with Crippen LogP contribution >= 0.6 is 11.6 Å². The molecule has 0 spiro atoms. The zero-order valence-electron chi connectivity index (χ0n) is 14.2. The molecule has 4 rings (SSSR count). The Morgan fingerprint density at radius 2 is 2.16 bits per heavy atom. The van der Waals surface area contributed by atoms with Crippen LogP contribution in [0.2, 0.25) is 5.02 Å². The third-order valence-corrected chi connectivity index (χ3v) is 5.00. The average Bonchev–Trinajstić information content (AvgIpc) is 3.06. The molecule has 3 heterocycles. The second-order valence-electron chi connectivity index (χ2n) is 6.49. The van der Waals surface area contributed by atoms with Gasteiger partial charge in [-0.1, -0.05) is 11.6 Å². The van der Waals surface area contributed by atoms with Gasteiger partial charge in [0.2, 0.25) is 0 Å². The highest BCUT2D eigenvalue weighted by atomic mass is 35.5. The van der Waals surface area contributed by atoms with Gasteiger partial charge in [0.25, 0.3) is 0 Å². The molecule has 0 amide bonds. The Kier molecular flexibility index (Phi) is 4.83. The Balaban J connectivity index is 1.40. The van der Waals surface area contributed by atoms with Crippen LogP contribution in [0.5, 0.6) is 11.5 Å². The van der Waals surface area contributed by atoms with Crippen LogP contribution < -0.4 is 14.8 Å². The Morgan fingerprint density at radius 3 is 3.00 bits per heavy atom. The molecule has 1 saturated heterocycles. The van der Waals surface area contributed by atoms with Gasteiger partial charge >= 0.3 is 0 Å². The van der Waals surface area contributed by atoms with E-state index in [0.717, 1.165) is 43.0 Å². The van der Waals surface area contributed by atoms with Crippen molar-refractivity contribution in [3.05, 3.63) is 40.9 Å². The van der Waals surface area contributed by atoms with Gasteiger partial charge < -0.3 is 24.1 Å². The second-order valence-corrected chi connectivity index (χ2v) is 6.90. The highest BCUT2D eigenvalue weighted by molar-refractivity contribution is 6.32. The van der Waals surface area contributed by atoms with E-state index in [1.807, 2.05) is 36.3 Å². The normalized spacial score (nSPS) is 22.8. The fourth-order valence-electron chi connectivity index (χ4n) is 3.39. The first-order valence-electron chi connectivity index (χ1n) is 8.60. The van der Waals surface area contributed by atoms with E-state index in [9.17, 15) is 0 Å². The van der Waals surface area contributed by atoms with Crippen LogP contribution in [0.25, 0.3) is 0 Å². The molecule has 25 heavy (non-hydrogen) atoms. The van der Waals surface area contributed by atoms with Gasteiger partial charge in [-0.05, 0) is 30.5 Å². The van der Waals surface area contributed by atoms with Crippen molar-refractivity contribution in [1.29, 1.82) is 0 Å². The van der Waals surface area contributed by atoms with Crippen LogP contribution in [0.4, 0.5) is 0 Å². The monoisotopic (exact) mass is 363 g/mol. The fourth-order valence-corrected chi connectivity index (χ4v) is 3.68. The van der Waals surface area contributed by atoms with Crippen LogP contribution in [0.3, 0.4) is 0 Å². The van der Waals surface area contributed by atoms with E-state index < -0.39 is 0 Å². The van der Waals surface area contributed by atoms with Crippen molar-refractivity contribution in [2.75, 3.05) is 19.8 Å². The highest BCUT2D eigenvalue weighted by Gasteiger charge is 2.25. The molecule has 2 aliphatic rings. The van der Waals surface area contributed by atoms with Gasteiger partial charge in [0.05, 0.1) is 23.2 Å². The number of aromatic nitrogens is 2. The molecule has 134 valence electrons. The van der Waals surface area contributed by atoms with E-state index in [0.29, 0.717) is 30.0 Å². The first kappa shape index (κ1) is 16.7. The number of nitrogens with zero attached hydrogens (tertiary/aromatic N) is 2. The summed E-state index contributed by atoms with van der Waals surface area (Å²) in [6, 6.07) is 4.34. The maximum absolute atomic E-state index is 6.31. The highest BCUT2D eigenvalue weighted by Crippen LogP contribution is 2.38. The predicted molar refractivity (Wildman–Crippen MR) is 94.2 cm³/mol. The third kappa shape index (κ3) is 3.61. The van der Waals surface area contributed by atoms with Gasteiger partial charge in [-0.15, -0.1) is 0 Å². The van der Waals surface area contributed by atoms with Crippen LogP contribution in [0, 0.1) is 0 Å². The lowest BCUT2D eigenvalue weighted by atomic mass is 10.0. The maximum atomic E-state index is 6.31. The first-order valence-corrected chi connectivity index (χ1v) is 8.97. The number of benzene rings is 1. The Hall–Kier alpha value is -1.76. The molecule has 0 bridgehead atoms. The van der Waals surface area contributed by atoms with Gasteiger partial charge in [0.1, 0.15) is 19.3 Å². The number of hydrogen-bond acceptors (Lipinski definition) is 5. The van der Waals surface area contributed by atoms with Crippen molar-refractivity contribution in [1.82, 2.24) is 14.9 Å². The summed E-state index contributed by atoms with van der Waals surface area (Å²) >= 11 is 6.31. The number of rotatable bonds is 4. The minimum absolute atomic E-state index is 0.0857. The second kappa shape index (κ2) is 7.23. The Morgan fingerprint density at radius 1 is 1.28 bits per heavy atom. The maximum Gasteiger partial charge on any atom is 0.179 e. The summed E-state index contributed by atoms with van der Waals surface area (Å²) in [7, 11) is 2.00. The lowest BCUT2D eigenvalue weighted by Gasteiger charge is -2.30. The van der Waals surface area contributed by atoms with Crippen molar-refractivity contribution in [3.63, 3.8) is 0 Å². The van der Waals surface area contributed by atoms with Crippen LogP contribution in [0.15, 0.2) is 24.7 Å². The summed E-state index contributed by atoms with van der Waals surface area (Å²) in [4.78, 5) is 4.19. The molecular weight excluding hydrogens is 342 g/mol. The minimum atomic E-state index is 0.0857. The van der Waals surface area contributed by atoms with E-state index in [2.05, 4.69) is 10.3 Å². The smallest absolute Gasteiger partial charge is 0.179 e. The largest absolute Gasteiger partial charge is 0.486 e. The number of hydrogen-bond donors (Lipinski definition) is 1. The molecule has 0 unspecified atom stereocenters. The molecule has 2 atom stereocenters. The van der Waals surface area contributed by atoms with Crippen LogP contribution in [-0.2, 0) is 18.3 Å². The number of ether oxygens (including phenoxy) is 3. The zero-order valence-corrected chi connectivity index (χ0v) is 15.0. The fraction of sp³-hybridized carbons (Fsp3) is 0.500. The van der Waals surface area contributed by atoms with Crippen LogP contribution in [0.1, 0.15) is 30.2 Å². The molecule has 1 N–H and O–H groups in total. The quantitative estimate of drug-likeness (QED) is 0.905.